The minimum Gasteiger partial charge on any atom is -0.294 e. The summed E-state index contributed by atoms with van der Waals surface area (Å²) in [5.41, 5.74) is 1.07. The van der Waals surface area contributed by atoms with E-state index in [4.69, 9.17) is 11.6 Å². The maximum Gasteiger partial charge on any atom is 0.168 e. The quantitative estimate of drug-likeness (QED) is 0.782. The molecule has 0 aliphatic heterocycles. The number of carbonyl (C=O) groups is 1. The summed E-state index contributed by atoms with van der Waals surface area (Å²) in [6.07, 6.45) is 2.61. The zero-order valence-electron chi connectivity index (χ0n) is 8.86. The molecule has 0 aliphatic carbocycles. The average molecular weight is 250 g/mol. The Kier molecular flexibility index (Phi) is 3.49. The zero-order valence-corrected chi connectivity index (χ0v) is 9.62. The monoisotopic (exact) mass is 249 g/mol. The minimum absolute atomic E-state index is 0.181. The molecule has 0 bridgehead atoms. The number of Topliss-reactive ketones (excluding diaryl/α,β-unsaturated/α-hetero) is 1. The van der Waals surface area contributed by atoms with Crippen molar-refractivity contribution in [2.45, 2.75) is 6.42 Å². The van der Waals surface area contributed by atoms with E-state index in [1.54, 1.807) is 24.3 Å². The van der Waals surface area contributed by atoms with Crippen LogP contribution in [0.1, 0.15) is 15.9 Å². The molecule has 0 saturated carbocycles. The molecular weight excluding hydrogens is 241 g/mol. The molecule has 0 amide bonds. The molecule has 2 rings (SSSR count). The second-order valence-electron chi connectivity index (χ2n) is 3.62. The van der Waals surface area contributed by atoms with Crippen molar-refractivity contribution in [3.8, 4) is 0 Å². The number of ketones is 1. The Balaban J connectivity index is 2.17. The van der Waals surface area contributed by atoms with Gasteiger partial charge in [0.15, 0.2) is 5.78 Å². The second kappa shape index (κ2) is 5.06. The van der Waals surface area contributed by atoms with Crippen LogP contribution in [0.15, 0.2) is 42.7 Å². The summed E-state index contributed by atoms with van der Waals surface area (Å²) in [5.74, 6) is -0.693. The molecule has 0 fully saturated rings. The summed E-state index contributed by atoms with van der Waals surface area (Å²) in [4.78, 5) is 15.5. The summed E-state index contributed by atoms with van der Waals surface area (Å²) in [6.45, 7) is 0. The van der Waals surface area contributed by atoms with Gasteiger partial charge in [0.1, 0.15) is 5.82 Å². The molecule has 0 saturated heterocycles. The Hall–Kier alpha value is -1.74. The first kappa shape index (κ1) is 11.7. The number of benzene rings is 1. The van der Waals surface area contributed by atoms with Crippen molar-refractivity contribution >= 4 is 17.4 Å². The van der Waals surface area contributed by atoms with Crippen LogP contribution in [-0.4, -0.2) is 10.8 Å². The van der Waals surface area contributed by atoms with E-state index in [-0.39, 0.29) is 17.8 Å². The van der Waals surface area contributed by atoms with Crippen molar-refractivity contribution in [3.05, 3.63) is 64.7 Å². The van der Waals surface area contributed by atoms with Gasteiger partial charge < -0.3 is 0 Å². The fourth-order valence-corrected chi connectivity index (χ4v) is 1.71. The molecule has 1 heterocycles. The average Bonchev–Trinajstić information content (AvgIpc) is 2.29. The molecule has 0 atom stereocenters. The summed E-state index contributed by atoms with van der Waals surface area (Å²) < 4.78 is 12.9. The van der Waals surface area contributed by atoms with Crippen molar-refractivity contribution in [3.63, 3.8) is 0 Å². The lowest BCUT2D eigenvalue weighted by Crippen LogP contribution is -2.04. The standard InChI is InChI=1S/C13H9ClFNO/c14-11-3-1-2-9(4-11)5-13(17)10-6-12(15)8-16-7-10/h1-4,6-8H,5H2. The number of hydrogen-bond acceptors (Lipinski definition) is 2. The molecule has 0 spiro atoms. The van der Waals surface area contributed by atoms with Crippen LogP contribution in [0.25, 0.3) is 0 Å². The van der Waals surface area contributed by atoms with Crippen molar-refractivity contribution in [1.82, 2.24) is 4.98 Å². The van der Waals surface area contributed by atoms with E-state index in [0.717, 1.165) is 11.8 Å². The van der Waals surface area contributed by atoms with E-state index in [2.05, 4.69) is 4.98 Å². The third-order valence-corrected chi connectivity index (χ3v) is 2.52. The largest absolute Gasteiger partial charge is 0.294 e. The molecule has 86 valence electrons. The van der Waals surface area contributed by atoms with Crippen LogP contribution < -0.4 is 0 Å². The highest BCUT2D eigenvalue weighted by Crippen LogP contribution is 2.13. The van der Waals surface area contributed by atoms with Gasteiger partial charge in [0.2, 0.25) is 0 Å². The third kappa shape index (κ3) is 3.11. The highest BCUT2D eigenvalue weighted by atomic mass is 35.5. The van der Waals surface area contributed by atoms with Gasteiger partial charge in [0, 0.05) is 23.2 Å². The van der Waals surface area contributed by atoms with Crippen LogP contribution in [0.3, 0.4) is 0 Å². The van der Waals surface area contributed by atoms with E-state index in [9.17, 15) is 9.18 Å². The van der Waals surface area contributed by atoms with E-state index in [1.165, 1.54) is 12.3 Å². The lowest BCUT2D eigenvalue weighted by Gasteiger charge is -2.01. The van der Waals surface area contributed by atoms with Crippen molar-refractivity contribution in [2.75, 3.05) is 0 Å². The van der Waals surface area contributed by atoms with E-state index < -0.39 is 5.82 Å². The fourth-order valence-electron chi connectivity index (χ4n) is 1.50. The fraction of sp³-hybridized carbons (Fsp3) is 0.0769. The number of halogens is 2. The van der Waals surface area contributed by atoms with Gasteiger partial charge in [-0.15, -0.1) is 0 Å². The normalized spacial score (nSPS) is 10.2. The first-order valence-corrected chi connectivity index (χ1v) is 5.41. The Morgan fingerprint density at radius 1 is 1.29 bits per heavy atom. The number of nitrogens with zero attached hydrogens (tertiary/aromatic N) is 1. The molecule has 1 aromatic carbocycles. The number of hydrogen-bond donors (Lipinski definition) is 0. The minimum atomic E-state index is -0.512. The van der Waals surface area contributed by atoms with Crippen LogP contribution in [-0.2, 0) is 6.42 Å². The molecule has 4 heteroatoms. The highest BCUT2D eigenvalue weighted by Gasteiger charge is 2.08. The maximum atomic E-state index is 12.9. The van der Waals surface area contributed by atoms with Gasteiger partial charge in [-0.3, -0.25) is 9.78 Å². The van der Waals surface area contributed by atoms with Crippen LogP contribution in [0.4, 0.5) is 4.39 Å². The van der Waals surface area contributed by atoms with E-state index in [1.807, 2.05) is 0 Å². The molecule has 0 aliphatic rings. The molecule has 0 radical (unpaired) electrons. The van der Waals surface area contributed by atoms with Crippen molar-refractivity contribution < 1.29 is 9.18 Å². The molecule has 1 aromatic heterocycles. The first-order valence-electron chi connectivity index (χ1n) is 5.03. The van der Waals surface area contributed by atoms with Gasteiger partial charge in [0.05, 0.1) is 6.20 Å². The first-order chi connectivity index (χ1) is 8.15. The SMILES string of the molecule is O=C(Cc1cccc(Cl)c1)c1cncc(F)c1. The Labute approximate surface area is 103 Å². The molecular formula is C13H9ClFNO. The highest BCUT2D eigenvalue weighted by molar-refractivity contribution is 6.30. The summed E-state index contributed by atoms with van der Waals surface area (Å²) in [5, 5.41) is 0.577. The number of aromatic nitrogens is 1. The Morgan fingerprint density at radius 3 is 2.82 bits per heavy atom. The molecule has 17 heavy (non-hydrogen) atoms. The predicted molar refractivity (Wildman–Crippen MR) is 63.7 cm³/mol. The van der Waals surface area contributed by atoms with Gasteiger partial charge in [-0.2, -0.15) is 0 Å². The van der Waals surface area contributed by atoms with Crippen LogP contribution in [0.5, 0.6) is 0 Å². The van der Waals surface area contributed by atoms with E-state index in [0.29, 0.717) is 5.02 Å². The predicted octanol–water partition coefficient (Wildman–Crippen LogP) is 3.30. The van der Waals surface area contributed by atoms with Gasteiger partial charge in [-0.05, 0) is 23.8 Å². The lowest BCUT2D eigenvalue weighted by atomic mass is 10.0. The smallest absolute Gasteiger partial charge is 0.168 e. The van der Waals surface area contributed by atoms with Gasteiger partial charge >= 0.3 is 0 Å². The van der Waals surface area contributed by atoms with Crippen LogP contribution >= 0.6 is 11.6 Å². The number of rotatable bonds is 3. The summed E-state index contributed by atoms with van der Waals surface area (Å²) in [6, 6.07) is 8.20. The van der Waals surface area contributed by atoms with Crippen molar-refractivity contribution in [1.29, 1.82) is 0 Å². The maximum absolute atomic E-state index is 12.9. The van der Waals surface area contributed by atoms with Gasteiger partial charge in [-0.25, -0.2) is 4.39 Å². The summed E-state index contributed by atoms with van der Waals surface area (Å²) in [7, 11) is 0. The van der Waals surface area contributed by atoms with E-state index >= 15 is 0 Å². The van der Waals surface area contributed by atoms with Crippen molar-refractivity contribution in [2.24, 2.45) is 0 Å². The second-order valence-corrected chi connectivity index (χ2v) is 4.06. The van der Waals surface area contributed by atoms with Crippen LogP contribution in [0.2, 0.25) is 5.02 Å². The molecule has 0 N–H and O–H groups in total. The summed E-state index contributed by atoms with van der Waals surface area (Å²) >= 11 is 5.82. The molecule has 2 nitrogen and oxygen atoms in total. The zero-order chi connectivity index (χ0) is 12.3. The Bertz CT molecular complexity index is 557. The lowest BCUT2D eigenvalue weighted by molar-refractivity contribution is 0.0992. The number of carbonyl (C=O) groups excluding carboxylic acids is 1. The topological polar surface area (TPSA) is 30.0 Å². The van der Waals surface area contributed by atoms with Gasteiger partial charge in [-0.1, -0.05) is 23.7 Å². The molecule has 2 aromatic rings. The Morgan fingerprint density at radius 2 is 2.12 bits per heavy atom. The van der Waals surface area contributed by atoms with Gasteiger partial charge in [0.25, 0.3) is 0 Å². The third-order valence-electron chi connectivity index (χ3n) is 2.28. The van der Waals surface area contributed by atoms with Crippen LogP contribution in [0, 0.1) is 5.82 Å². The molecule has 0 unspecified atom stereocenters. The number of pyridine rings is 1.